The van der Waals surface area contributed by atoms with E-state index < -0.39 is 5.92 Å². The van der Waals surface area contributed by atoms with E-state index in [2.05, 4.69) is 4.90 Å². The van der Waals surface area contributed by atoms with Crippen molar-refractivity contribution in [2.24, 2.45) is 5.92 Å². The van der Waals surface area contributed by atoms with Crippen LogP contribution in [0.25, 0.3) is 0 Å². The molecule has 26 heavy (non-hydrogen) atoms. The molecule has 1 aromatic rings. The predicted octanol–water partition coefficient (Wildman–Crippen LogP) is 1.27. The molecule has 1 aromatic carbocycles. The number of amides is 2. The van der Waals surface area contributed by atoms with Crippen LogP contribution in [0.1, 0.15) is 20.3 Å². The van der Waals surface area contributed by atoms with E-state index >= 15 is 0 Å². The van der Waals surface area contributed by atoms with E-state index in [1.807, 2.05) is 29.2 Å². The Labute approximate surface area is 153 Å². The quantitative estimate of drug-likeness (QED) is 0.757. The van der Waals surface area contributed by atoms with E-state index in [-0.39, 0.29) is 24.2 Å². The average Bonchev–Trinajstić information content (AvgIpc) is 3.04. The first kappa shape index (κ1) is 18.2. The second-order valence-electron chi connectivity index (χ2n) is 6.64. The normalized spacial score (nSPS) is 20.5. The fourth-order valence-corrected chi connectivity index (χ4v) is 3.58. The largest absolute Gasteiger partial charge is 0.466 e. The maximum absolute atomic E-state index is 12.5. The van der Waals surface area contributed by atoms with Crippen LogP contribution in [0, 0.1) is 5.92 Å². The summed E-state index contributed by atoms with van der Waals surface area (Å²) in [5.41, 5.74) is 1.79. The molecule has 2 aliphatic rings. The number of hydrogen-bond donors (Lipinski definition) is 0. The topological polar surface area (TPSA) is 70.2 Å². The Hall–Kier alpha value is -2.57. The number of esters is 1. The van der Waals surface area contributed by atoms with Crippen LogP contribution in [0.2, 0.25) is 0 Å². The predicted molar refractivity (Wildman–Crippen MR) is 98.0 cm³/mol. The van der Waals surface area contributed by atoms with Gasteiger partial charge >= 0.3 is 5.97 Å². The Balaban J connectivity index is 1.77. The molecule has 140 valence electrons. The minimum Gasteiger partial charge on any atom is -0.466 e. The maximum atomic E-state index is 12.5. The van der Waals surface area contributed by atoms with Crippen LogP contribution in [-0.4, -0.2) is 62.0 Å². The molecule has 7 heteroatoms. The van der Waals surface area contributed by atoms with Crippen molar-refractivity contribution in [3.63, 3.8) is 0 Å². The highest BCUT2D eigenvalue weighted by Crippen LogP contribution is 2.34. The monoisotopic (exact) mass is 359 g/mol. The maximum Gasteiger partial charge on any atom is 0.311 e. The first-order valence-corrected chi connectivity index (χ1v) is 9.07. The van der Waals surface area contributed by atoms with E-state index in [1.165, 1.54) is 0 Å². The van der Waals surface area contributed by atoms with Crippen LogP contribution >= 0.6 is 0 Å². The Morgan fingerprint density at radius 3 is 2.38 bits per heavy atom. The zero-order valence-electron chi connectivity index (χ0n) is 15.3. The van der Waals surface area contributed by atoms with Crippen LogP contribution in [0.5, 0.6) is 0 Å². The Morgan fingerprint density at radius 2 is 1.77 bits per heavy atom. The zero-order valence-corrected chi connectivity index (χ0v) is 15.3. The van der Waals surface area contributed by atoms with Crippen molar-refractivity contribution in [3.8, 4) is 0 Å². The smallest absolute Gasteiger partial charge is 0.311 e. The second-order valence-corrected chi connectivity index (χ2v) is 6.64. The summed E-state index contributed by atoms with van der Waals surface area (Å²) in [6.45, 7) is 6.80. The molecule has 2 saturated heterocycles. The van der Waals surface area contributed by atoms with Gasteiger partial charge in [-0.15, -0.1) is 0 Å². The lowest BCUT2D eigenvalue weighted by Gasteiger charge is -2.37. The standard InChI is InChI=1S/C19H25N3O4/c1-3-26-19(25)15-12-18(24)22(13-15)17-7-5-4-6-16(17)21-10-8-20(9-11-21)14(2)23/h4-7,15H,3,8-13H2,1-2H3/t15-/m1/s1. The molecule has 0 unspecified atom stereocenters. The van der Waals surface area contributed by atoms with E-state index in [1.54, 1.807) is 18.7 Å². The molecular weight excluding hydrogens is 334 g/mol. The number of para-hydroxylation sites is 2. The van der Waals surface area contributed by atoms with E-state index in [0.29, 0.717) is 26.2 Å². The van der Waals surface area contributed by atoms with Gasteiger partial charge in [0.15, 0.2) is 0 Å². The van der Waals surface area contributed by atoms with Crippen molar-refractivity contribution in [3.05, 3.63) is 24.3 Å². The van der Waals surface area contributed by atoms with Gasteiger partial charge in [-0.25, -0.2) is 0 Å². The highest BCUT2D eigenvalue weighted by Gasteiger charge is 2.37. The summed E-state index contributed by atoms with van der Waals surface area (Å²) in [5.74, 6) is -0.691. The van der Waals surface area contributed by atoms with Gasteiger partial charge in [0.25, 0.3) is 0 Å². The number of anilines is 2. The molecular formula is C19H25N3O4. The lowest BCUT2D eigenvalue weighted by molar-refractivity contribution is -0.147. The number of benzene rings is 1. The fraction of sp³-hybridized carbons (Fsp3) is 0.526. The Kier molecular flexibility index (Phi) is 5.44. The minimum absolute atomic E-state index is 0.0575. The highest BCUT2D eigenvalue weighted by atomic mass is 16.5. The fourth-order valence-electron chi connectivity index (χ4n) is 3.58. The Bertz CT molecular complexity index is 698. The van der Waals surface area contributed by atoms with E-state index in [0.717, 1.165) is 24.5 Å². The van der Waals surface area contributed by atoms with Crippen molar-refractivity contribution >= 4 is 29.2 Å². The van der Waals surface area contributed by atoms with Gasteiger partial charge in [-0.05, 0) is 19.1 Å². The van der Waals surface area contributed by atoms with Crippen LogP contribution in [-0.2, 0) is 19.1 Å². The van der Waals surface area contributed by atoms with Gasteiger partial charge in [0.05, 0.1) is 23.9 Å². The van der Waals surface area contributed by atoms with Crippen molar-refractivity contribution in [2.45, 2.75) is 20.3 Å². The van der Waals surface area contributed by atoms with Gasteiger partial charge in [0.1, 0.15) is 0 Å². The van der Waals surface area contributed by atoms with Gasteiger partial charge < -0.3 is 19.4 Å². The number of piperazine rings is 1. The molecule has 0 bridgehead atoms. The van der Waals surface area contributed by atoms with Crippen molar-refractivity contribution in [1.29, 1.82) is 0 Å². The molecule has 0 aliphatic carbocycles. The molecule has 2 amide bonds. The summed E-state index contributed by atoms with van der Waals surface area (Å²) in [4.78, 5) is 41.8. The molecule has 0 aromatic heterocycles. The summed E-state index contributed by atoms with van der Waals surface area (Å²) >= 11 is 0. The number of carbonyl (C=O) groups excluding carboxylic acids is 3. The molecule has 0 spiro atoms. The van der Waals surface area contributed by atoms with Crippen LogP contribution in [0.15, 0.2) is 24.3 Å². The summed E-state index contributed by atoms with van der Waals surface area (Å²) < 4.78 is 5.07. The van der Waals surface area contributed by atoms with E-state index in [9.17, 15) is 14.4 Å². The zero-order chi connectivity index (χ0) is 18.7. The first-order valence-electron chi connectivity index (χ1n) is 9.07. The minimum atomic E-state index is -0.412. The summed E-state index contributed by atoms with van der Waals surface area (Å²) in [5, 5.41) is 0. The number of nitrogens with zero attached hydrogens (tertiary/aromatic N) is 3. The molecule has 3 rings (SSSR count). The Morgan fingerprint density at radius 1 is 1.12 bits per heavy atom. The van der Waals surface area contributed by atoms with Crippen LogP contribution in [0.4, 0.5) is 11.4 Å². The number of hydrogen-bond acceptors (Lipinski definition) is 5. The molecule has 0 N–H and O–H groups in total. The van der Waals surface area contributed by atoms with Gasteiger partial charge in [-0.3, -0.25) is 14.4 Å². The molecule has 2 heterocycles. The molecule has 1 atom stereocenters. The lowest BCUT2D eigenvalue weighted by atomic mass is 10.1. The lowest BCUT2D eigenvalue weighted by Crippen LogP contribution is -2.48. The van der Waals surface area contributed by atoms with Crippen molar-refractivity contribution < 1.29 is 19.1 Å². The highest BCUT2D eigenvalue weighted by molar-refractivity contribution is 6.01. The molecule has 7 nitrogen and oxygen atoms in total. The molecule has 0 saturated carbocycles. The number of carbonyl (C=O) groups is 3. The van der Waals surface area contributed by atoms with Crippen molar-refractivity contribution in [1.82, 2.24) is 4.90 Å². The third-order valence-corrected chi connectivity index (χ3v) is 4.98. The molecule has 2 aliphatic heterocycles. The van der Waals surface area contributed by atoms with Crippen LogP contribution < -0.4 is 9.80 Å². The third-order valence-electron chi connectivity index (χ3n) is 4.98. The third kappa shape index (κ3) is 3.66. The van der Waals surface area contributed by atoms with Gasteiger partial charge in [-0.2, -0.15) is 0 Å². The van der Waals surface area contributed by atoms with Crippen LogP contribution in [0.3, 0.4) is 0 Å². The first-order chi connectivity index (χ1) is 12.5. The van der Waals surface area contributed by atoms with Gasteiger partial charge in [-0.1, -0.05) is 12.1 Å². The summed E-state index contributed by atoms with van der Waals surface area (Å²) in [6, 6.07) is 7.75. The molecule has 0 radical (unpaired) electrons. The van der Waals surface area contributed by atoms with Gasteiger partial charge in [0.2, 0.25) is 11.8 Å². The second kappa shape index (κ2) is 7.76. The number of rotatable bonds is 4. The number of ether oxygens (including phenoxy) is 1. The van der Waals surface area contributed by atoms with Crippen molar-refractivity contribution in [2.75, 3.05) is 49.1 Å². The molecule has 2 fully saturated rings. The SMILES string of the molecule is CCOC(=O)[C@@H]1CC(=O)N(c2ccccc2N2CCN(C(C)=O)CC2)C1. The summed E-state index contributed by atoms with van der Waals surface area (Å²) in [7, 11) is 0. The summed E-state index contributed by atoms with van der Waals surface area (Å²) in [6.07, 6.45) is 0.186. The van der Waals surface area contributed by atoms with Gasteiger partial charge in [0, 0.05) is 46.1 Å². The van der Waals surface area contributed by atoms with E-state index in [4.69, 9.17) is 4.74 Å². The average molecular weight is 359 g/mol.